The molecule has 1 heterocycles. The van der Waals surface area contributed by atoms with Gasteiger partial charge in [0.2, 0.25) is 0 Å². The summed E-state index contributed by atoms with van der Waals surface area (Å²) in [6, 6.07) is 14.5. The van der Waals surface area contributed by atoms with Gasteiger partial charge in [0, 0.05) is 17.7 Å². The molecule has 0 unspecified atom stereocenters. The van der Waals surface area contributed by atoms with Gasteiger partial charge in [-0.25, -0.2) is 9.07 Å². The molecule has 0 bridgehead atoms. The van der Waals surface area contributed by atoms with Crippen LogP contribution in [0.1, 0.15) is 5.56 Å². The van der Waals surface area contributed by atoms with Crippen molar-refractivity contribution in [3.05, 3.63) is 66.1 Å². The minimum atomic E-state index is -0.296. The number of rotatable bonds is 3. The maximum atomic E-state index is 13.5. The van der Waals surface area contributed by atoms with Gasteiger partial charge in [0.15, 0.2) is 0 Å². The molecule has 20 heavy (non-hydrogen) atoms. The van der Waals surface area contributed by atoms with Crippen LogP contribution in [0.4, 0.5) is 4.39 Å². The third-order valence-corrected chi connectivity index (χ3v) is 3.11. The Hall–Kier alpha value is -2.53. The number of hydrogen-bond acceptors (Lipinski definition) is 3. The van der Waals surface area contributed by atoms with Crippen LogP contribution < -0.4 is 5.73 Å². The van der Waals surface area contributed by atoms with Crippen molar-refractivity contribution in [1.82, 2.24) is 15.0 Å². The molecule has 3 aromatic rings. The van der Waals surface area contributed by atoms with Gasteiger partial charge >= 0.3 is 0 Å². The molecule has 0 spiro atoms. The van der Waals surface area contributed by atoms with Crippen LogP contribution in [0.5, 0.6) is 0 Å². The van der Waals surface area contributed by atoms with E-state index in [-0.39, 0.29) is 12.4 Å². The second-order valence-electron chi connectivity index (χ2n) is 4.38. The summed E-state index contributed by atoms with van der Waals surface area (Å²) >= 11 is 0. The van der Waals surface area contributed by atoms with Crippen LogP contribution in [-0.4, -0.2) is 15.0 Å². The first-order valence-electron chi connectivity index (χ1n) is 6.24. The Labute approximate surface area is 115 Å². The molecule has 0 radical (unpaired) electrons. The van der Waals surface area contributed by atoms with Crippen LogP contribution in [0.3, 0.4) is 0 Å². The summed E-state index contributed by atoms with van der Waals surface area (Å²) in [5.74, 6) is -0.296. The quantitative estimate of drug-likeness (QED) is 0.794. The zero-order valence-corrected chi connectivity index (χ0v) is 10.7. The molecule has 1 aromatic heterocycles. The summed E-state index contributed by atoms with van der Waals surface area (Å²) in [5.41, 5.74) is 8.55. The van der Waals surface area contributed by atoms with E-state index in [1.165, 1.54) is 6.07 Å². The van der Waals surface area contributed by atoms with Gasteiger partial charge in [0.05, 0.1) is 17.6 Å². The predicted molar refractivity (Wildman–Crippen MR) is 74.6 cm³/mol. The van der Waals surface area contributed by atoms with Crippen LogP contribution in [-0.2, 0) is 6.54 Å². The second kappa shape index (κ2) is 5.22. The summed E-state index contributed by atoms with van der Waals surface area (Å²) in [5, 5.41) is 8.02. The average Bonchev–Trinajstić information content (AvgIpc) is 2.98. The summed E-state index contributed by atoms with van der Waals surface area (Å²) in [4.78, 5) is 0. The molecule has 0 aliphatic heterocycles. The van der Waals surface area contributed by atoms with E-state index < -0.39 is 0 Å². The van der Waals surface area contributed by atoms with Gasteiger partial charge in [-0.3, -0.25) is 0 Å². The molecule has 0 saturated carbocycles. The molecule has 0 saturated heterocycles. The average molecular weight is 268 g/mol. The summed E-state index contributed by atoms with van der Waals surface area (Å²) in [7, 11) is 0. The highest BCUT2D eigenvalue weighted by Crippen LogP contribution is 2.23. The normalized spacial score (nSPS) is 10.7. The van der Waals surface area contributed by atoms with E-state index in [1.807, 2.05) is 30.3 Å². The van der Waals surface area contributed by atoms with Crippen molar-refractivity contribution in [3.8, 4) is 16.9 Å². The van der Waals surface area contributed by atoms with Crippen molar-refractivity contribution in [1.29, 1.82) is 0 Å². The zero-order chi connectivity index (χ0) is 13.9. The Bertz CT molecular complexity index is 722. The lowest BCUT2D eigenvalue weighted by atomic mass is 10.1. The van der Waals surface area contributed by atoms with Crippen LogP contribution in [0.15, 0.2) is 54.7 Å². The van der Waals surface area contributed by atoms with Crippen LogP contribution in [0, 0.1) is 5.82 Å². The Balaban J connectivity index is 2.10. The van der Waals surface area contributed by atoms with E-state index in [1.54, 1.807) is 23.0 Å². The van der Waals surface area contributed by atoms with E-state index in [4.69, 9.17) is 5.73 Å². The molecule has 0 fully saturated rings. The lowest BCUT2D eigenvalue weighted by Crippen LogP contribution is -2.02. The Kier molecular flexibility index (Phi) is 3.26. The highest BCUT2D eigenvalue weighted by Gasteiger charge is 2.10. The molecule has 3 rings (SSSR count). The Morgan fingerprint density at radius 1 is 1.10 bits per heavy atom. The van der Waals surface area contributed by atoms with Crippen LogP contribution in [0.2, 0.25) is 0 Å². The topological polar surface area (TPSA) is 56.7 Å². The third kappa shape index (κ3) is 2.19. The predicted octanol–water partition coefficient (Wildman–Crippen LogP) is 2.53. The smallest absolute Gasteiger partial charge is 0.127 e. The maximum absolute atomic E-state index is 13.5. The number of aromatic nitrogens is 3. The minimum Gasteiger partial charge on any atom is -0.326 e. The van der Waals surface area contributed by atoms with E-state index in [2.05, 4.69) is 10.3 Å². The van der Waals surface area contributed by atoms with E-state index in [0.717, 1.165) is 16.9 Å². The molecular weight excluding hydrogens is 255 g/mol. The first kappa shape index (κ1) is 12.5. The lowest BCUT2D eigenvalue weighted by Gasteiger charge is -2.08. The van der Waals surface area contributed by atoms with Crippen molar-refractivity contribution in [2.75, 3.05) is 0 Å². The largest absolute Gasteiger partial charge is 0.326 e. The molecule has 0 amide bonds. The molecular formula is C15H13FN4. The standard InChI is InChI=1S/C15H13FN4/c16-14-7-6-11(8-12(14)9-17)15-10-18-19-20(15)13-4-2-1-3-5-13/h1-8,10H,9,17H2. The summed E-state index contributed by atoms with van der Waals surface area (Å²) in [6.45, 7) is 0.159. The van der Waals surface area contributed by atoms with Gasteiger partial charge < -0.3 is 5.73 Å². The molecule has 2 aromatic carbocycles. The molecule has 0 aliphatic carbocycles. The third-order valence-electron chi connectivity index (χ3n) is 3.11. The van der Waals surface area contributed by atoms with Crippen LogP contribution in [0.25, 0.3) is 16.9 Å². The highest BCUT2D eigenvalue weighted by molar-refractivity contribution is 5.62. The van der Waals surface area contributed by atoms with Gasteiger partial charge in [-0.2, -0.15) is 0 Å². The molecule has 100 valence electrons. The Morgan fingerprint density at radius 3 is 2.65 bits per heavy atom. The molecule has 5 heteroatoms. The number of hydrogen-bond donors (Lipinski definition) is 1. The first-order valence-corrected chi connectivity index (χ1v) is 6.24. The maximum Gasteiger partial charge on any atom is 0.127 e. The molecule has 4 nitrogen and oxygen atoms in total. The summed E-state index contributed by atoms with van der Waals surface area (Å²) in [6.07, 6.45) is 1.65. The number of benzene rings is 2. The fourth-order valence-electron chi connectivity index (χ4n) is 2.08. The Morgan fingerprint density at radius 2 is 1.90 bits per heavy atom. The first-order chi connectivity index (χ1) is 9.79. The van der Waals surface area contributed by atoms with Crippen molar-refractivity contribution in [2.45, 2.75) is 6.54 Å². The minimum absolute atomic E-state index is 0.159. The van der Waals surface area contributed by atoms with Gasteiger partial charge in [-0.15, -0.1) is 5.10 Å². The number of nitrogens with two attached hydrogens (primary N) is 1. The van der Waals surface area contributed by atoms with E-state index >= 15 is 0 Å². The van der Waals surface area contributed by atoms with E-state index in [0.29, 0.717) is 5.56 Å². The van der Waals surface area contributed by atoms with Gasteiger partial charge in [0.25, 0.3) is 0 Å². The van der Waals surface area contributed by atoms with Gasteiger partial charge in [-0.05, 0) is 30.3 Å². The monoisotopic (exact) mass is 268 g/mol. The number of para-hydroxylation sites is 1. The van der Waals surface area contributed by atoms with Crippen molar-refractivity contribution >= 4 is 0 Å². The SMILES string of the molecule is NCc1cc(-c2cnnn2-c2ccccc2)ccc1F. The lowest BCUT2D eigenvalue weighted by molar-refractivity contribution is 0.611. The zero-order valence-electron chi connectivity index (χ0n) is 10.7. The van der Waals surface area contributed by atoms with Crippen molar-refractivity contribution in [2.24, 2.45) is 5.73 Å². The summed E-state index contributed by atoms with van der Waals surface area (Å²) < 4.78 is 15.2. The molecule has 0 atom stereocenters. The van der Waals surface area contributed by atoms with Crippen LogP contribution >= 0.6 is 0 Å². The second-order valence-corrected chi connectivity index (χ2v) is 4.38. The van der Waals surface area contributed by atoms with Crippen molar-refractivity contribution < 1.29 is 4.39 Å². The highest BCUT2D eigenvalue weighted by atomic mass is 19.1. The fraction of sp³-hybridized carbons (Fsp3) is 0.0667. The number of halogens is 1. The molecule has 0 aliphatic rings. The van der Waals surface area contributed by atoms with Gasteiger partial charge in [0.1, 0.15) is 5.82 Å². The molecule has 2 N–H and O–H groups in total. The van der Waals surface area contributed by atoms with Gasteiger partial charge in [-0.1, -0.05) is 23.4 Å². The number of nitrogens with zero attached hydrogens (tertiary/aromatic N) is 3. The fourth-order valence-corrected chi connectivity index (χ4v) is 2.08. The van der Waals surface area contributed by atoms with Crippen molar-refractivity contribution in [3.63, 3.8) is 0 Å². The van der Waals surface area contributed by atoms with E-state index in [9.17, 15) is 4.39 Å².